The number of carbonyl (C=O) groups is 1. The van der Waals surface area contributed by atoms with Gasteiger partial charge >= 0.3 is 5.97 Å². The minimum Gasteiger partial charge on any atom is -0.462 e. The number of ether oxygens (including phenoxy) is 4. The molecule has 0 radical (unpaired) electrons. The largest absolute Gasteiger partial charge is 0.462 e. The van der Waals surface area contributed by atoms with Crippen LogP contribution in [0.5, 0.6) is 0 Å². The lowest BCUT2D eigenvalue weighted by Gasteiger charge is -2.45. The number of hydrogen-bond donors (Lipinski definition) is 8. The van der Waals surface area contributed by atoms with Gasteiger partial charge in [-0.25, -0.2) is 0 Å². The lowest BCUT2D eigenvalue weighted by Crippen LogP contribution is -2.64. The first-order chi connectivity index (χ1) is 14.2. The topological polar surface area (TPSA) is 208 Å². The van der Waals surface area contributed by atoms with Crippen molar-refractivity contribution in [2.24, 2.45) is 0 Å². The molecule has 13 nitrogen and oxygen atoms in total. The molecule has 0 amide bonds. The molecule has 0 spiro atoms. The number of aliphatic hydroxyl groups is 7. The predicted molar refractivity (Wildman–Crippen MR) is 93.5 cm³/mol. The van der Waals surface area contributed by atoms with Gasteiger partial charge in [0.1, 0.15) is 61.5 Å². The van der Waals surface area contributed by atoms with Crippen molar-refractivity contribution in [3.05, 3.63) is 0 Å². The zero-order chi connectivity index (χ0) is 22.0. The Hall–Kier alpha value is -0.970. The van der Waals surface area contributed by atoms with E-state index in [1.54, 1.807) is 0 Å². The van der Waals surface area contributed by atoms with Crippen molar-refractivity contribution in [2.45, 2.75) is 80.3 Å². The molecule has 3 aliphatic rings. The Kier molecular flexibility index (Phi) is 7.97. The van der Waals surface area contributed by atoms with Gasteiger partial charge in [-0.3, -0.25) is 4.79 Å². The van der Waals surface area contributed by atoms with Crippen LogP contribution in [-0.4, -0.2) is 129 Å². The highest BCUT2D eigenvalue weighted by Crippen LogP contribution is 2.29. The van der Waals surface area contributed by atoms with Crippen LogP contribution in [0.4, 0.5) is 0 Å². The van der Waals surface area contributed by atoms with Crippen LogP contribution in [0, 0.1) is 0 Å². The van der Waals surface area contributed by atoms with Crippen LogP contribution < -0.4 is 5.32 Å². The minimum absolute atomic E-state index is 0.445. The van der Waals surface area contributed by atoms with E-state index in [1.807, 2.05) is 0 Å². The van der Waals surface area contributed by atoms with Crippen molar-refractivity contribution in [3.63, 3.8) is 0 Å². The van der Waals surface area contributed by atoms with E-state index in [2.05, 4.69) is 5.32 Å². The van der Waals surface area contributed by atoms with Gasteiger partial charge in [0.15, 0.2) is 12.6 Å². The highest BCUT2D eigenvalue weighted by atomic mass is 16.7. The Morgan fingerprint density at radius 1 is 0.933 bits per heavy atom. The average molecular weight is 439 g/mol. The molecule has 3 heterocycles. The number of carbonyl (C=O) groups excluding carboxylic acids is 1. The van der Waals surface area contributed by atoms with Gasteiger partial charge in [-0.15, -0.1) is 0 Å². The van der Waals surface area contributed by atoms with Crippen LogP contribution >= 0.6 is 0 Å². The molecular weight excluding hydrogens is 410 g/mol. The third-order valence-corrected chi connectivity index (χ3v) is 5.53. The maximum absolute atomic E-state index is 12.1. The molecule has 1 unspecified atom stereocenters. The fourth-order valence-corrected chi connectivity index (χ4v) is 3.71. The average Bonchev–Trinajstić information content (AvgIpc) is 3.27. The van der Waals surface area contributed by atoms with Crippen molar-refractivity contribution >= 4 is 5.97 Å². The highest BCUT2D eigenvalue weighted by molar-refractivity contribution is 5.76. The third kappa shape index (κ3) is 4.92. The molecule has 0 aliphatic carbocycles. The summed E-state index contributed by atoms with van der Waals surface area (Å²) in [6.45, 7) is -0.461. The fourth-order valence-electron chi connectivity index (χ4n) is 3.71. The lowest BCUT2D eigenvalue weighted by molar-refractivity contribution is -0.355. The second-order valence-electron chi connectivity index (χ2n) is 7.62. The van der Waals surface area contributed by atoms with Crippen molar-refractivity contribution < 1.29 is 59.5 Å². The van der Waals surface area contributed by atoms with Gasteiger partial charge in [-0.05, 0) is 19.4 Å². The Labute approximate surface area is 171 Å². The van der Waals surface area contributed by atoms with Crippen LogP contribution in [-0.2, 0) is 23.7 Å². The van der Waals surface area contributed by atoms with Gasteiger partial charge in [0, 0.05) is 0 Å². The smallest absolute Gasteiger partial charge is 0.323 e. The molecular formula is C17H29NO12. The zero-order valence-corrected chi connectivity index (χ0v) is 16.1. The van der Waals surface area contributed by atoms with E-state index < -0.39 is 86.6 Å². The summed E-state index contributed by atoms with van der Waals surface area (Å²) in [5, 5.41) is 72.2. The first-order valence-electron chi connectivity index (χ1n) is 9.80. The molecule has 0 bridgehead atoms. The molecule has 0 aromatic carbocycles. The Bertz CT molecular complexity index is 573. The molecule has 13 heteroatoms. The lowest BCUT2D eigenvalue weighted by atomic mass is 9.97. The van der Waals surface area contributed by atoms with E-state index in [0.29, 0.717) is 13.0 Å². The van der Waals surface area contributed by atoms with Gasteiger partial charge in [-0.2, -0.15) is 0 Å². The third-order valence-electron chi connectivity index (χ3n) is 5.53. The van der Waals surface area contributed by atoms with Crippen LogP contribution in [0.1, 0.15) is 12.8 Å². The highest BCUT2D eigenvalue weighted by Gasteiger charge is 2.50. The first-order valence-corrected chi connectivity index (χ1v) is 9.80. The summed E-state index contributed by atoms with van der Waals surface area (Å²) in [5.41, 5.74) is 0. The molecule has 0 saturated carbocycles. The van der Waals surface area contributed by atoms with Crippen molar-refractivity contribution in [1.82, 2.24) is 5.32 Å². The van der Waals surface area contributed by atoms with Gasteiger partial charge < -0.3 is 60.0 Å². The van der Waals surface area contributed by atoms with Crippen molar-refractivity contribution in [2.75, 3.05) is 19.8 Å². The number of rotatable bonds is 6. The molecule has 3 rings (SSSR count). The summed E-state index contributed by atoms with van der Waals surface area (Å²) < 4.78 is 21.1. The van der Waals surface area contributed by atoms with E-state index in [4.69, 9.17) is 18.9 Å². The number of hydrogen-bond acceptors (Lipinski definition) is 13. The summed E-state index contributed by atoms with van der Waals surface area (Å²) in [5.74, 6) is -0.558. The van der Waals surface area contributed by atoms with Crippen LogP contribution in [0.2, 0.25) is 0 Å². The number of esters is 1. The molecule has 174 valence electrons. The normalized spacial score (nSPS) is 47.2. The SMILES string of the molecule is O=C(OC[C@H]1OC(O)[C@H](O)[C@@H](O)[C@@H]1O[C@@H]1O[C@H](CO)[C@H](O)[C@H](O)[C@H]1O)[C@@H]1CCCN1. The maximum atomic E-state index is 12.1. The molecule has 0 aromatic rings. The van der Waals surface area contributed by atoms with Gasteiger partial charge in [0.2, 0.25) is 0 Å². The monoisotopic (exact) mass is 439 g/mol. The summed E-state index contributed by atoms with van der Waals surface area (Å²) in [6.07, 6.45) is -14.6. The molecule has 30 heavy (non-hydrogen) atoms. The summed E-state index contributed by atoms with van der Waals surface area (Å²) >= 11 is 0. The molecule has 11 atom stereocenters. The zero-order valence-electron chi connectivity index (χ0n) is 16.1. The summed E-state index contributed by atoms with van der Waals surface area (Å²) in [7, 11) is 0. The molecule has 3 aliphatic heterocycles. The molecule has 0 aromatic heterocycles. The Balaban J connectivity index is 1.68. The summed E-state index contributed by atoms with van der Waals surface area (Å²) in [6, 6.07) is -0.487. The maximum Gasteiger partial charge on any atom is 0.323 e. The predicted octanol–water partition coefficient (Wildman–Crippen LogP) is -5.09. The Morgan fingerprint density at radius 3 is 2.30 bits per heavy atom. The standard InChI is InChI=1S/C17H29NO12/c19-4-7-9(20)10(21)13(24)17(29-7)30-14-8(28-16(26)12(23)11(14)22)5-27-15(25)6-2-1-3-18-6/h6-14,16-24,26H,1-5H2/t6-,7+,8+,9-,10-,11+,12+,13+,14+,16?,17-/m0/s1. The second kappa shape index (κ2) is 10.1. The van der Waals surface area contributed by atoms with Gasteiger partial charge in [0.25, 0.3) is 0 Å². The van der Waals surface area contributed by atoms with E-state index >= 15 is 0 Å². The van der Waals surface area contributed by atoms with E-state index in [9.17, 15) is 40.5 Å². The second-order valence-corrected chi connectivity index (χ2v) is 7.62. The van der Waals surface area contributed by atoms with E-state index in [1.165, 1.54) is 0 Å². The molecule has 3 saturated heterocycles. The quantitative estimate of drug-likeness (QED) is 0.182. The molecule has 8 N–H and O–H groups in total. The van der Waals surface area contributed by atoms with Crippen molar-refractivity contribution in [1.29, 1.82) is 0 Å². The van der Waals surface area contributed by atoms with Crippen LogP contribution in [0.15, 0.2) is 0 Å². The first kappa shape index (κ1) is 23.7. The van der Waals surface area contributed by atoms with E-state index in [0.717, 1.165) is 6.42 Å². The Morgan fingerprint density at radius 2 is 1.67 bits per heavy atom. The summed E-state index contributed by atoms with van der Waals surface area (Å²) in [4.78, 5) is 12.1. The van der Waals surface area contributed by atoms with Gasteiger partial charge in [-0.1, -0.05) is 0 Å². The van der Waals surface area contributed by atoms with Crippen molar-refractivity contribution in [3.8, 4) is 0 Å². The van der Waals surface area contributed by atoms with Gasteiger partial charge in [0.05, 0.1) is 6.61 Å². The number of nitrogens with one attached hydrogen (secondary N) is 1. The number of aliphatic hydroxyl groups excluding tert-OH is 7. The van der Waals surface area contributed by atoms with Crippen LogP contribution in [0.3, 0.4) is 0 Å². The van der Waals surface area contributed by atoms with Crippen LogP contribution in [0.25, 0.3) is 0 Å². The van der Waals surface area contributed by atoms with E-state index in [-0.39, 0.29) is 0 Å². The fraction of sp³-hybridized carbons (Fsp3) is 0.941. The molecule has 3 fully saturated rings. The minimum atomic E-state index is -1.79.